The Labute approximate surface area is 84.5 Å². The van der Waals surface area contributed by atoms with Gasteiger partial charge in [0.05, 0.1) is 6.61 Å². The largest absolute Gasteiger partial charge is 0.357 e. The summed E-state index contributed by atoms with van der Waals surface area (Å²) in [6.07, 6.45) is 2.87. The molecule has 2 fully saturated rings. The Bertz CT molecular complexity index is 311. The minimum atomic E-state index is 0.226. The van der Waals surface area contributed by atoms with Crippen LogP contribution in [-0.2, 0) is 4.74 Å². The van der Waals surface area contributed by atoms with Crippen molar-refractivity contribution >= 4 is 0 Å². The third-order valence-corrected chi connectivity index (χ3v) is 3.26. The molecule has 0 unspecified atom stereocenters. The van der Waals surface area contributed by atoms with Gasteiger partial charge in [-0.15, -0.1) is 0 Å². The monoisotopic (exact) mass is 189 g/mol. The molecule has 2 heteroatoms. The molecule has 1 aromatic carbocycles. The van der Waals surface area contributed by atoms with Crippen molar-refractivity contribution < 1.29 is 4.74 Å². The zero-order valence-corrected chi connectivity index (χ0v) is 8.23. The first-order valence-electron chi connectivity index (χ1n) is 5.37. The van der Waals surface area contributed by atoms with E-state index in [9.17, 15) is 0 Å². The van der Waals surface area contributed by atoms with Crippen LogP contribution in [0.15, 0.2) is 30.3 Å². The Morgan fingerprint density at radius 1 is 1.21 bits per heavy atom. The van der Waals surface area contributed by atoms with E-state index >= 15 is 0 Å². The SMILES string of the molecule is c1ccc([C@H]2OC[C@@H]3CCCN32)cc1. The second kappa shape index (κ2) is 3.37. The second-order valence-corrected chi connectivity index (χ2v) is 4.13. The van der Waals surface area contributed by atoms with Gasteiger partial charge < -0.3 is 4.74 Å². The highest BCUT2D eigenvalue weighted by molar-refractivity contribution is 5.18. The van der Waals surface area contributed by atoms with E-state index < -0.39 is 0 Å². The van der Waals surface area contributed by atoms with Gasteiger partial charge in [0.25, 0.3) is 0 Å². The zero-order chi connectivity index (χ0) is 9.38. The maximum absolute atomic E-state index is 5.83. The van der Waals surface area contributed by atoms with Gasteiger partial charge in [-0.25, -0.2) is 0 Å². The molecule has 0 aromatic heterocycles. The summed E-state index contributed by atoms with van der Waals surface area (Å²) in [6.45, 7) is 2.11. The van der Waals surface area contributed by atoms with Gasteiger partial charge in [-0.2, -0.15) is 0 Å². The van der Waals surface area contributed by atoms with Gasteiger partial charge in [-0.05, 0) is 18.4 Å². The van der Waals surface area contributed by atoms with E-state index in [-0.39, 0.29) is 6.23 Å². The van der Waals surface area contributed by atoms with E-state index in [4.69, 9.17) is 4.74 Å². The summed E-state index contributed by atoms with van der Waals surface area (Å²) in [7, 11) is 0. The summed E-state index contributed by atoms with van der Waals surface area (Å²) >= 11 is 0. The molecule has 1 aromatic rings. The highest BCUT2D eigenvalue weighted by atomic mass is 16.5. The van der Waals surface area contributed by atoms with Crippen molar-refractivity contribution in [3.05, 3.63) is 35.9 Å². The minimum Gasteiger partial charge on any atom is -0.357 e. The summed E-state index contributed by atoms with van der Waals surface area (Å²) in [5.41, 5.74) is 1.30. The Balaban J connectivity index is 1.86. The molecule has 0 aliphatic carbocycles. The standard InChI is InChI=1S/C12H15NO/c1-2-5-10(6-3-1)12-13-8-4-7-11(13)9-14-12/h1-3,5-6,11-12H,4,7-9H2/t11-,12+/m0/s1. The van der Waals surface area contributed by atoms with E-state index in [0.29, 0.717) is 6.04 Å². The molecule has 2 atom stereocenters. The Morgan fingerprint density at radius 3 is 2.93 bits per heavy atom. The molecule has 2 heterocycles. The normalized spacial score (nSPS) is 32.0. The number of nitrogens with zero attached hydrogens (tertiary/aromatic N) is 1. The zero-order valence-electron chi connectivity index (χ0n) is 8.23. The molecule has 0 bridgehead atoms. The van der Waals surface area contributed by atoms with Crippen LogP contribution in [0.5, 0.6) is 0 Å². The third kappa shape index (κ3) is 1.26. The molecule has 0 radical (unpaired) electrons. The average molecular weight is 189 g/mol. The predicted molar refractivity (Wildman–Crippen MR) is 54.9 cm³/mol. The molecule has 0 spiro atoms. The summed E-state index contributed by atoms with van der Waals surface area (Å²) in [4.78, 5) is 2.50. The Morgan fingerprint density at radius 2 is 2.07 bits per heavy atom. The van der Waals surface area contributed by atoms with E-state index in [1.54, 1.807) is 0 Å². The van der Waals surface area contributed by atoms with Crippen LogP contribution < -0.4 is 0 Å². The van der Waals surface area contributed by atoms with Crippen molar-refractivity contribution in [1.82, 2.24) is 4.90 Å². The molecule has 0 N–H and O–H groups in total. The van der Waals surface area contributed by atoms with Crippen LogP contribution in [0.1, 0.15) is 24.6 Å². The topological polar surface area (TPSA) is 12.5 Å². The summed E-state index contributed by atoms with van der Waals surface area (Å²) in [5, 5.41) is 0. The minimum absolute atomic E-state index is 0.226. The van der Waals surface area contributed by atoms with Gasteiger partial charge >= 0.3 is 0 Å². The number of benzene rings is 1. The highest BCUT2D eigenvalue weighted by Gasteiger charge is 2.37. The first-order valence-corrected chi connectivity index (χ1v) is 5.37. The van der Waals surface area contributed by atoms with Crippen LogP contribution >= 0.6 is 0 Å². The molecule has 2 aliphatic heterocycles. The fourth-order valence-electron chi connectivity index (χ4n) is 2.55. The number of hydrogen-bond acceptors (Lipinski definition) is 2. The molecular formula is C12H15NO. The number of fused-ring (bicyclic) bond motifs is 1. The van der Waals surface area contributed by atoms with Crippen molar-refractivity contribution in [2.45, 2.75) is 25.1 Å². The van der Waals surface area contributed by atoms with E-state index in [1.165, 1.54) is 24.9 Å². The lowest BCUT2D eigenvalue weighted by molar-refractivity contribution is 0.0352. The molecule has 0 saturated carbocycles. The fourth-order valence-corrected chi connectivity index (χ4v) is 2.55. The summed E-state index contributed by atoms with van der Waals surface area (Å²) in [6, 6.07) is 11.2. The summed E-state index contributed by atoms with van der Waals surface area (Å²) < 4.78 is 5.83. The van der Waals surface area contributed by atoms with E-state index in [2.05, 4.69) is 35.2 Å². The van der Waals surface area contributed by atoms with Crippen LogP contribution in [0.4, 0.5) is 0 Å². The number of rotatable bonds is 1. The van der Waals surface area contributed by atoms with Crippen molar-refractivity contribution in [3.63, 3.8) is 0 Å². The van der Waals surface area contributed by atoms with Gasteiger partial charge in [0.1, 0.15) is 6.23 Å². The quantitative estimate of drug-likeness (QED) is 0.671. The lowest BCUT2D eigenvalue weighted by Gasteiger charge is -2.21. The van der Waals surface area contributed by atoms with Gasteiger partial charge in [-0.3, -0.25) is 4.90 Å². The molecule has 14 heavy (non-hydrogen) atoms. The smallest absolute Gasteiger partial charge is 0.137 e. The fraction of sp³-hybridized carbons (Fsp3) is 0.500. The third-order valence-electron chi connectivity index (χ3n) is 3.26. The Hall–Kier alpha value is -0.860. The van der Waals surface area contributed by atoms with Crippen LogP contribution in [0.25, 0.3) is 0 Å². The second-order valence-electron chi connectivity index (χ2n) is 4.13. The van der Waals surface area contributed by atoms with Crippen LogP contribution in [0.3, 0.4) is 0 Å². The van der Waals surface area contributed by atoms with Gasteiger partial charge in [0.2, 0.25) is 0 Å². The molecular weight excluding hydrogens is 174 g/mol. The number of ether oxygens (including phenoxy) is 1. The summed E-state index contributed by atoms with van der Waals surface area (Å²) in [5.74, 6) is 0. The molecule has 74 valence electrons. The van der Waals surface area contributed by atoms with Crippen molar-refractivity contribution in [1.29, 1.82) is 0 Å². The number of hydrogen-bond donors (Lipinski definition) is 0. The van der Waals surface area contributed by atoms with Crippen LogP contribution in [0, 0.1) is 0 Å². The van der Waals surface area contributed by atoms with Crippen LogP contribution in [0.2, 0.25) is 0 Å². The molecule has 2 nitrogen and oxygen atoms in total. The van der Waals surface area contributed by atoms with Gasteiger partial charge in [0.15, 0.2) is 0 Å². The maximum Gasteiger partial charge on any atom is 0.137 e. The molecule has 0 amide bonds. The Kier molecular flexibility index (Phi) is 2.03. The lowest BCUT2D eigenvalue weighted by Crippen LogP contribution is -2.26. The van der Waals surface area contributed by atoms with Crippen molar-refractivity contribution in [3.8, 4) is 0 Å². The molecule has 2 aliphatic rings. The molecule has 3 rings (SSSR count). The molecule has 2 saturated heterocycles. The predicted octanol–water partition coefficient (Wildman–Crippen LogP) is 2.18. The first-order chi connectivity index (χ1) is 6.95. The van der Waals surface area contributed by atoms with Crippen molar-refractivity contribution in [2.24, 2.45) is 0 Å². The average Bonchev–Trinajstić information content (AvgIpc) is 2.79. The van der Waals surface area contributed by atoms with E-state index in [0.717, 1.165) is 6.61 Å². The van der Waals surface area contributed by atoms with Crippen molar-refractivity contribution in [2.75, 3.05) is 13.2 Å². The van der Waals surface area contributed by atoms with Gasteiger partial charge in [0, 0.05) is 12.6 Å². The first kappa shape index (κ1) is 8.45. The lowest BCUT2D eigenvalue weighted by atomic mass is 10.2. The van der Waals surface area contributed by atoms with Crippen LogP contribution in [-0.4, -0.2) is 24.1 Å². The van der Waals surface area contributed by atoms with Gasteiger partial charge in [-0.1, -0.05) is 30.3 Å². The van der Waals surface area contributed by atoms with E-state index in [1.807, 2.05) is 0 Å². The highest BCUT2D eigenvalue weighted by Crippen LogP contribution is 2.35. The maximum atomic E-state index is 5.83.